The Morgan fingerprint density at radius 3 is 2.68 bits per heavy atom. The molecule has 0 amide bonds. The molecular formula is C18H21N5O2. The molecule has 1 aromatic carbocycles. The van der Waals surface area contributed by atoms with Crippen molar-refractivity contribution in [3.8, 4) is 11.4 Å². The normalized spacial score (nSPS) is 11.3. The Labute approximate surface area is 146 Å². The third-order valence-electron chi connectivity index (χ3n) is 4.40. The Balaban J connectivity index is 2.08. The first-order chi connectivity index (χ1) is 12.1. The summed E-state index contributed by atoms with van der Waals surface area (Å²) >= 11 is 0. The summed E-state index contributed by atoms with van der Waals surface area (Å²) in [4.78, 5) is 21.8. The fourth-order valence-electron chi connectivity index (χ4n) is 2.95. The topological polar surface area (TPSA) is 77.1 Å². The number of pyridine rings is 1. The van der Waals surface area contributed by atoms with Gasteiger partial charge in [-0.1, -0.05) is 13.8 Å². The van der Waals surface area contributed by atoms with E-state index in [1.807, 2.05) is 12.1 Å². The van der Waals surface area contributed by atoms with Crippen molar-refractivity contribution in [3.05, 3.63) is 52.8 Å². The summed E-state index contributed by atoms with van der Waals surface area (Å²) in [5.41, 5.74) is 2.49. The average Bonchev–Trinajstić information content (AvgIpc) is 3.01. The van der Waals surface area contributed by atoms with Crippen molar-refractivity contribution >= 4 is 16.7 Å². The van der Waals surface area contributed by atoms with Gasteiger partial charge in [0.2, 0.25) is 0 Å². The van der Waals surface area contributed by atoms with Crippen molar-refractivity contribution in [1.82, 2.24) is 19.4 Å². The van der Waals surface area contributed by atoms with Crippen molar-refractivity contribution < 1.29 is 4.92 Å². The molecule has 0 atom stereocenters. The second kappa shape index (κ2) is 7.40. The van der Waals surface area contributed by atoms with Crippen LogP contribution in [-0.4, -0.2) is 44.0 Å². The fraction of sp³-hybridized carbons (Fsp3) is 0.333. The molecule has 130 valence electrons. The Bertz CT molecular complexity index is 872. The van der Waals surface area contributed by atoms with Gasteiger partial charge in [0.15, 0.2) is 0 Å². The molecular weight excluding hydrogens is 318 g/mol. The third-order valence-corrected chi connectivity index (χ3v) is 4.40. The van der Waals surface area contributed by atoms with E-state index in [4.69, 9.17) is 0 Å². The molecule has 0 N–H and O–H groups in total. The maximum Gasteiger partial charge on any atom is 0.271 e. The van der Waals surface area contributed by atoms with Crippen molar-refractivity contribution in [3.63, 3.8) is 0 Å². The van der Waals surface area contributed by atoms with E-state index in [1.165, 1.54) is 12.1 Å². The van der Waals surface area contributed by atoms with Crippen LogP contribution in [0, 0.1) is 10.1 Å². The molecule has 25 heavy (non-hydrogen) atoms. The van der Waals surface area contributed by atoms with Crippen LogP contribution in [0.1, 0.15) is 13.8 Å². The first-order valence-electron chi connectivity index (χ1n) is 8.41. The summed E-state index contributed by atoms with van der Waals surface area (Å²) < 4.78 is 2.12. The second-order valence-electron chi connectivity index (χ2n) is 5.79. The van der Waals surface area contributed by atoms with E-state index < -0.39 is 4.92 Å². The minimum absolute atomic E-state index is 0.0543. The van der Waals surface area contributed by atoms with Gasteiger partial charge in [0.25, 0.3) is 5.69 Å². The number of rotatable bonds is 7. The molecule has 0 aliphatic heterocycles. The molecule has 0 aliphatic rings. The first kappa shape index (κ1) is 17.0. The lowest BCUT2D eigenvalue weighted by molar-refractivity contribution is -0.384. The minimum atomic E-state index is -0.391. The second-order valence-corrected chi connectivity index (χ2v) is 5.79. The van der Waals surface area contributed by atoms with Crippen molar-refractivity contribution in [2.75, 3.05) is 19.6 Å². The van der Waals surface area contributed by atoms with E-state index >= 15 is 0 Å². The van der Waals surface area contributed by atoms with Crippen LogP contribution >= 0.6 is 0 Å². The maximum atomic E-state index is 11.1. The fourth-order valence-corrected chi connectivity index (χ4v) is 2.95. The summed E-state index contributed by atoms with van der Waals surface area (Å²) in [6, 6.07) is 8.67. The third kappa shape index (κ3) is 3.51. The van der Waals surface area contributed by atoms with Gasteiger partial charge in [-0.25, -0.2) is 4.98 Å². The lowest BCUT2D eigenvalue weighted by atomic mass is 10.2. The predicted molar refractivity (Wildman–Crippen MR) is 97.4 cm³/mol. The number of aromatic nitrogens is 3. The van der Waals surface area contributed by atoms with Gasteiger partial charge >= 0.3 is 0 Å². The molecule has 0 fully saturated rings. The molecule has 0 saturated carbocycles. The van der Waals surface area contributed by atoms with Crippen LogP contribution in [0.15, 0.2) is 42.7 Å². The molecule has 2 heterocycles. The largest absolute Gasteiger partial charge is 0.323 e. The number of benzene rings is 1. The lowest BCUT2D eigenvalue weighted by Gasteiger charge is -2.19. The molecule has 0 aliphatic carbocycles. The van der Waals surface area contributed by atoms with E-state index in [9.17, 15) is 10.1 Å². The Hall–Kier alpha value is -2.80. The van der Waals surface area contributed by atoms with Crippen LogP contribution in [0.5, 0.6) is 0 Å². The monoisotopic (exact) mass is 339 g/mol. The van der Waals surface area contributed by atoms with Gasteiger partial charge in [-0.2, -0.15) is 0 Å². The summed E-state index contributed by atoms with van der Waals surface area (Å²) in [6.07, 6.45) is 3.49. The summed E-state index contributed by atoms with van der Waals surface area (Å²) in [5, 5.41) is 11.1. The smallest absolute Gasteiger partial charge is 0.271 e. The Morgan fingerprint density at radius 2 is 2.04 bits per heavy atom. The lowest BCUT2D eigenvalue weighted by Crippen LogP contribution is -2.27. The van der Waals surface area contributed by atoms with Crippen molar-refractivity contribution in [2.45, 2.75) is 20.4 Å². The van der Waals surface area contributed by atoms with Crippen molar-refractivity contribution in [2.24, 2.45) is 0 Å². The van der Waals surface area contributed by atoms with Crippen LogP contribution < -0.4 is 0 Å². The number of nitro groups is 1. The van der Waals surface area contributed by atoms with Gasteiger partial charge in [0, 0.05) is 43.2 Å². The molecule has 0 bridgehead atoms. The van der Waals surface area contributed by atoms with Gasteiger partial charge < -0.3 is 9.47 Å². The molecule has 0 spiro atoms. The Kier molecular flexibility index (Phi) is 5.04. The zero-order valence-electron chi connectivity index (χ0n) is 14.4. The van der Waals surface area contributed by atoms with Crippen LogP contribution in [0.3, 0.4) is 0 Å². The van der Waals surface area contributed by atoms with Gasteiger partial charge in [-0.05, 0) is 31.3 Å². The molecule has 0 radical (unpaired) electrons. The zero-order valence-corrected chi connectivity index (χ0v) is 14.4. The van der Waals surface area contributed by atoms with Gasteiger partial charge in [-0.15, -0.1) is 0 Å². The van der Waals surface area contributed by atoms with Crippen LogP contribution in [0.2, 0.25) is 0 Å². The SMILES string of the molecule is CCN(CC)CCn1c(-c2cccnc2)nc2cc([N+](=O)[O-])ccc21. The number of non-ortho nitro benzene ring substituents is 1. The van der Waals surface area contributed by atoms with Crippen LogP contribution in [0.25, 0.3) is 22.4 Å². The maximum absolute atomic E-state index is 11.1. The number of imidazole rings is 1. The van der Waals surface area contributed by atoms with Crippen LogP contribution in [-0.2, 0) is 6.54 Å². The highest BCUT2D eigenvalue weighted by Crippen LogP contribution is 2.27. The van der Waals surface area contributed by atoms with Crippen LogP contribution in [0.4, 0.5) is 5.69 Å². The molecule has 7 nitrogen and oxygen atoms in total. The van der Waals surface area contributed by atoms with Gasteiger partial charge in [0.05, 0.1) is 16.0 Å². The predicted octanol–water partition coefficient (Wildman–Crippen LogP) is 3.35. The number of hydrogen-bond acceptors (Lipinski definition) is 5. The summed E-state index contributed by atoms with van der Waals surface area (Å²) in [6.45, 7) is 7.90. The van der Waals surface area contributed by atoms with Gasteiger partial charge in [-0.3, -0.25) is 15.1 Å². The highest BCUT2D eigenvalue weighted by molar-refractivity contribution is 5.82. The number of nitro benzene ring substituents is 1. The summed E-state index contributed by atoms with van der Waals surface area (Å²) in [7, 11) is 0. The van der Waals surface area contributed by atoms with E-state index in [-0.39, 0.29) is 5.69 Å². The molecule has 3 rings (SSSR count). The molecule has 0 unspecified atom stereocenters. The number of likely N-dealkylation sites (N-methyl/N-ethyl adjacent to an activating group) is 1. The highest BCUT2D eigenvalue weighted by atomic mass is 16.6. The number of nitrogens with zero attached hydrogens (tertiary/aromatic N) is 5. The van der Waals surface area contributed by atoms with E-state index in [1.54, 1.807) is 18.5 Å². The number of fused-ring (bicyclic) bond motifs is 1. The molecule has 0 saturated heterocycles. The minimum Gasteiger partial charge on any atom is -0.323 e. The van der Waals surface area contributed by atoms with E-state index in [0.29, 0.717) is 5.52 Å². The first-order valence-corrected chi connectivity index (χ1v) is 8.41. The zero-order chi connectivity index (χ0) is 17.8. The van der Waals surface area contributed by atoms with Gasteiger partial charge in [0.1, 0.15) is 5.82 Å². The highest BCUT2D eigenvalue weighted by Gasteiger charge is 2.16. The van der Waals surface area contributed by atoms with Crippen molar-refractivity contribution in [1.29, 1.82) is 0 Å². The summed E-state index contributed by atoms with van der Waals surface area (Å²) in [5.74, 6) is 0.788. The van der Waals surface area contributed by atoms with E-state index in [0.717, 1.165) is 43.1 Å². The molecule has 3 aromatic rings. The average molecular weight is 339 g/mol. The van der Waals surface area contributed by atoms with E-state index in [2.05, 4.69) is 33.3 Å². The number of hydrogen-bond donors (Lipinski definition) is 0. The standard InChI is InChI=1S/C18H21N5O2/c1-3-21(4-2)10-11-22-17-8-7-15(23(24)25)12-16(17)20-18(22)14-6-5-9-19-13-14/h5-9,12-13H,3-4,10-11H2,1-2H3. The molecule has 2 aromatic heterocycles. The quantitative estimate of drug-likeness (QED) is 0.487. The Morgan fingerprint density at radius 1 is 1.24 bits per heavy atom. The molecule has 7 heteroatoms.